The smallest absolute Gasteiger partial charge is 0.303 e. The number of likely N-dealkylation sites (N-methyl/N-ethyl adjacent to an activating group) is 1. The number of rotatable bonds is 9. The summed E-state index contributed by atoms with van der Waals surface area (Å²) in [7, 11) is 5.91. The van der Waals surface area contributed by atoms with Crippen LogP contribution < -0.4 is 12.4 Å². The number of halogens is 1. The van der Waals surface area contributed by atoms with E-state index in [1.165, 1.54) is 27.7 Å². The molecule has 11 nitrogen and oxygen atoms in total. The lowest BCUT2D eigenvalue weighted by atomic mass is 9.98. The Bertz CT molecular complexity index is 636. The Kier molecular flexibility index (Phi) is 12.0. The Hall–Kier alpha value is -1.95. The molecule has 0 aromatic rings. The summed E-state index contributed by atoms with van der Waals surface area (Å²) in [6.07, 6.45) is -5.76. The first kappa shape index (κ1) is 29.1. The number of esters is 4. The Balaban J connectivity index is 0.00000900. The molecule has 0 radical (unpaired) electrons. The number of carbonyl (C=O) groups is 4. The second-order valence-corrected chi connectivity index (χ2v) is 7.95. The van der Waals surface area contributed by atoms with Gasteiger partial charge in [-0.3, -0.25) is 19.2 Å². The van der Waals surface area contributed by atoms with Crippen LogP contribution >= 0.6 is 0 Å². The van der Waals surface area contributed by atoms with Crippen molar-refractivity contribution in [3.05, 3.63) is 0 Å². The van der Waals surface area contributed by atoms with Crippen molar-refractivity contribution in [2.24, 2.45) is 0 Å². The van der Waals surface area contributed by atoms with E-state index in [0.29, 0.717) is 11.0 Å². The van der Waals surface area contributed by atoms with Gasteiger partial charge in [-0.05, 0) is 0 Å². The first-order valence-electron chi connectivity index (χ1n) is 9.52. The normalized spacial score (nSPS) is 25.6. The van der Waals surface area contributed by atoms with E-state index in [2.05, 4.69) is 0 Å². The summed E-state index contributed by atoms with van der Waals surface area (Å²) in [4.78, 5) is 46.3. The fraction of sp³-hybridized carbons (Fsp3) is 0.789. The topological polar surface area (TPSA) is 124 Å². The standard InChI is InChI=1S/C19H32NO10.ClH/c1-11(21)26-10-15-16(27-12(2)22)17(28-13(3)23)18(29-14(4)24)19(30-15)25-9-8-20(5,6)7;/h15-19H,8-10H2,1-7H3;1H/q+1;/p-1. The van der Waals surface area contributed by atoms with Crippen LogP contribution in [0.15, 0.2) is 0 Å². The average Bonchev–Trinajstić information content (AvgIpc) is 2.55. The third-order valence-electron chi connectivity index (χ3n) is 3.99. The van der Waals surface area contributed by atoms with Gasteiger partial charge in [0.05, 0.1) is 27.7 Å². The maximum Gasteiger partial charge on any atom is 0.303 e. The van der Waals surface area contributed by atoms with E-state index in [-0.39, 0.29) is 25.6 Å². The third-order valence-corrected chi connectivity index (χ3v) is 3.99. The number of quaternary nitrogens is 1. The minimum atomic E-state index is -1.22. The van der Waals surface area contributed by atoms with Gasteiger partial charge in [0.25, 0.3) is 0 Å². The van der Waals surface area contributed by atoms with Gasteiger partial charge in [0.2, 0.25) is 0 Å². The second kappa shape index (κ2) is 12.8. The van der Waals surface area contributed by atoms with Gasteiger partial charge in [-0.2, -0.15) is 0 Å². The first-order chi connectivity index (χ1) is 13.8. The van der Waals surface area contributed by atoms with Crippen LogP contribution in [0.4, 0.5) is 0 Å². The summed E-state index contributed by atoms with van der Waals surface area (Å²) in [5, 5.41) is 0. The number of ether oxygens (including phenoxy) is 6. The lowest BCUT2D eigenvalue weighted by molar-refractivity contribution is -0.871. The molecule has 5 atom stereocenters. The van der Waals surface area contributed by atoms with Crippen molar-refractivity contribution in [1.29, 1.82) is 0 Å². The van der Waals surface area contributed by atoms with E-state index in [4.69, 9.17) is 28.4 Å². The monoisotopic (exact) mass is 469 g/mol. The lowest BCUT2D eigenvalue weighted by Crippen LogP contribution is -3.00. The zero-order chi connectivity index (χ0) is 23.1. The highest BCUT2D eigenvalue weighted by molar-refractivity contribution is 5.68. The second-order valence-electron chi connectivity index (χ2n) is 7.95. The summed E-state index contributed by atoms with van der Waals surface area (Å²) in [6.45, 7) is 5.28. The first-order valence-corrected chi connectivity index (χ1v) is 9.52. The predicted octanol–water partition coefficient (Wildman–Crippen LogP) is -3.20. The molecule has 1 aliphatic heterocycles. The molecule has 180 valence electrons. The van der Waals surface area contributed by atoms with E-state index in [0.717, 1.165) is 0 Å². The molecule has 1 heterocycles. The molecule has 0 spiro atoms. The molecule has 0 aliphatic carbocycles. The molecule has 1 rings (SSSR count). The molecule has 1 fully saturated rings. The SMILES string of the molecule is CC(=O)OCC1OC(OCC[N+](C)(C)C)C(OC(C)=O)C(OC(C)=O)C1OC(C)=O.[Cl-]. The Morgan fingerprint density at radius 1 is 0.774 bits per heavy atom. The summed E-state index contributed by atoms with van der Waals surface area (Å²) in [5.41, 5.74) is 0. The quantitative estimate of drug-likeness (QED) is 0.194. The van der Waals surface area contributed by atoms with E-state index in [1.54, 1.807) is 0 Å². The van der Waals surface area contributed by atoms with Crippen LogP contribution in [0.1, 0.15) is 27.7 Å². The van der Waals surface area contributed by atoms with Crippen molar-refractivity contribution < 1.29 is 64.5 Å². The molecular weight excluding hydrogens is 438 g/mol. The fourth-order valence-electron chi connectivity index (χ4n) is 2.77. The molecule has 1 aliphatic rings. The minimum Gasteiger partial charge on any atom is -1.00 e. The molecule has 5 unspecified atom stereocenters. The molecule has 0 saturated carbocycles. The van der Waals surface area contributed by atoms with Crippen molar-refractivity contribution in [2.75, 3.05) is 40.9 Å². The van der Waals surface area contributed by atoms with E-state index < -0.39 is 54.6 Å². The minimum absolute atomic E-state index is 0. The van der Waals surface area contributed by atoms with Crippen LogP contribution in [0.25, 0.3) is 0 Å². The molecule has 1 saturated heterocycles. The largest absolute Gasteiger partial charge is 1.00 e. The average molecular weight is 470 g/mol. The fourth-order valence-corrected chi connectivity index (χ4v) is 2.77. The van der Waals surface area contributed by atoms with Gasteiger partial charge in [-0.15, -0.1) is 0 Å². The molecule has 12 heteroatoms. The maximum atomic E-state index is 11.7. The van der Waals surface area contributed by atoms with Gasteiger partial charge in [0, 0.05) is 27.7 Å². The summed E-state index contributed by atoms with van der Waals surface area (Å²) < 4.78 is 33.2. The Labute approximate surface area is 188 Å². The summed E-state index contributed by atoms with van der Waals surface area (Å²) >= 11 is 0. The molecule has 0 bridgehead atoms. The van der Waals surface area contributed by atoms with Crippen molar-refractivity contribution in [3.8, 4) is 0 Å². The Morgan fingerprint density at radius 2 is 1.26 bits per heavy atom. The summed E-state index contributed by atoms with van der Waals surface area (Å²) in [5.74, 6) is -2.61. The Morgan fingerprint density at radius 3 is 1.71 bits per heavy atom. The maximum absolute atomic E-state index is 11.7. The molecule has 0 N–H and O–H groups in total. The van der Waals surface area contributed by atoms with Crippen molar-refractivity contribution in [3.63, 3.8) is 0 Å². The predicted molar refractivity (Wildman–Crippen MR) is 101 cm³/mol. The van der Waals surface area contributed by atoms with Crippen LogP contribution in [-0.4, -0.2) is 100.0 Å². The van der Waals surface area contributed by atoms with Crippen LogP contribution in [0.3, 0.4) is 0 Å². The highest BCUT2D eigenvalue weighted by Crippen LogP contribution is 2.30. The highest BCUT2D eigenvalue weighted by Gasteiger charge is 2.52. The third kappa shape index (κ3) is 10.8. The van der Waals surface area contributed by atoms with Gasteiger partial charge in [0.15, 0.2) is 24.6 Å². The van der Waals surface area contributed by atoms with Gasteiger partial charge in [0.1, 0.15) is 19.3 Å². The van der Waals surface area contributed by atoms with Crippen LogP contribution in [0.5, 0.6) is 0 Å². The van der Waals surface area contributed by atoms with E-state index in [1.807, 2.05) is 21.1 Å². The zero-order valence-corrected chi connectivity index (χ0v) is 19.7. The van der Waals surface area contributed by atoms with Crippen LogP contribution in [-0.2, 0) is 47.6 Å². The lowest BCUT2D eigenvalue weighted by Gasteiger charge is -2.44. The highest BCUT2D eigenvalue weighted by atomic mass is 35.5. The molecule has 31 heavy (non-hydrogen) atoms. The zero-order valence-electron chi connectivity index (χ0n) is 18.9. The molecular formula is C19H32ClNO10. The van der Waals surface area contributed by atoms with Crippen LogP contribution in [0.2, 0.25) is 0 Å². The molecule has 0 amide bonds. The number of nitrogens with zero attached hydrogens (tertiary/aromatic N) is 1. The van der Waals surface area contributed by atoms with E-state index >= 15 is 0 Å². The van der Waals surface area contributed by atoms with Crippen molar-refractivity contribution >= 4 is 23.9 Å². The molecule has 0 aromatic carbocycles. The number of carbonyl (C=O) groups excluding carboxylic acids is 4. The van der Waals surface area contributed by atoms with Gasteiger partial charge < -0.3 is 45.3 Å². The summed E-state index contributed by atoms with van der Waals surface area (Å²) in [6, 6.07) is 0. The van der Waals surface area contributed by atoms with Gasteiger partial charge in [-0.25, -0.2) is 0 Å². The molecule has 0 aromatic heterocycles. The van der Waals surface area contributed by atoms with Crippen molar-refractivity contribution in [1.82, 2.24) is 0 Å². The number of hydrogen-bond acceptors (Lipinski definition) is 10. The van der Waals surface area contributed by atoms with E-state index in [9.17, 15) is 19.2 Å². The van der Waals surface area contributed by atoms with Crippen LogP contribution in [0, 0.1) is 0 Å². The van der Waals surface area contributed by atoms with Crippen molar-refractivity contribution in [2.45, 2.75) is 58.4 Å². The van der Waals surface area contributed by atoms with Gasteiger partial charge >= 0.3 is 23.9 Å². The van der Waals surface area contributed by atoms with Gasteiger partial charge in [-0.1, -0.05) is 0 Å². The number of hydrogen-bond donors (Lipinski definition) is 0.